The molecule has 9 heteroatoms. The summed E-state index contributed by atoms with van der Waals surface area (Å²) in [6.45, 7) is 5.38. The summed E-state index contributed by atoms with van der Waals surface area (Å²) in [7, 11) is -3.78. The van der Waals surface area contributed by atoms with Gasteiger partial charge in [-0.2, -0.15) is 0 Å². The summed E-state index contributed by atoms with van der Waals surface area (Å²) >= 11 is 6.05. The number of carbonyl (C=O) groups excluding carboxylic acids is 2. The van der Waals surface area contributed by atoms with Crippen LogP contribution in [0.15, 0.2) is 54.6 Å². The smallest absolute Gasteiger partial charge is 0.244 e. The minimum absolute atomic E-state index is 0.0865. The van der Waals surface area contributed by atoms with Crippen LogP contribution < -0.4 is 9.62 Å². The molecule has 0 aliphatic heterocycles. The molecule has 0 heterocycles. The fourth-order valence-corrected chi connectivity index (χ4v) is 4.55. The van der Waals surface area contributed by atoms with Gasteiger partial charge in [0.05, 0.1) is 11.9 Å². The van der Waals surface area contributed by atoms with Crippen LogP contribution in [0.3, 0.4) is 0 Å². The van der Waals surface area contributed by atoms with Gasteiger partial charge in [0, 0.05) is 17.6 Å². The number of sulfonamides is 1. The SMILES string of the molecule is CC[C@H](C(=O)NC(C)C)N(CCc1ccccc1)C(=O)CN(c1cccc(Cl)c1)S(C)(=O)=O. The topological polar surface area (TPSA) is 86.8 Å². The van der Waals surface area contributed by atoms with Gasteiger partial charge in [-0.05, 0) is 50.5 Å². The molecule has 2 aromatic carbocycles. The molecule has 0 radical (unpaired) electrons. The highest BCUT2D eigenvalue weighted by Gasteiger charge is 2.31. The summed E-state index contributed by atoms with van der Waals surface area (Å²) in [5.41, 5.74) is 1.31. The van der Waals surface area contributed by atoms with Crippen molar-refractivity contribution in [3.05, 3.63) is 65.2 Å². The van der Waals surface area contributed by atoms with Crippen molar-refractivity contribution in [1.29, 1.82) is 0 Å². The van der Waals surface area contributed by atoms with Crippen LogP contribution in [0.25, 0.3) is 0 Å². The summed E-state index contributed by atoms with van der Waals surface area (Å²) in [5, 5.41) is 3.23. The highest BCUT2D eigenvalue weighted by Crippen LogP contribution is 2.22. The average Bonchev–Trinajstić information content (AvgIpc) is 2.74. The molecule has 0 fully saturated rings. The van der Waals surface area contributed by atoms with Gasteiger partial charge in [-0.25, -0.2) is 8.42 Å². The summed E-state index contributed by atoms with van der Waals surface area (Å²) in [4.78, 5) is 27.8. The van der Waals surface area contributed by atoms with Crippen LogP contribution in [0, 0.1) is 0 Å². The number of rotatable bonds is 11. The van der Waals surface area contributed by atoms with Crippen LogP contribution in [-0.4, -0.2) is 56.6 Å². The Morgan fingerprint density at radius 1 is 1.06 bits per heavy atom. The number of carbonyl (C=O) groups is 2. The summed E-state index contributed by atoms with van der Waals surface area (Å²) < 4.78 is 26.1. The molecule has 2 amide bonds. The number of amides is 2. The van der Waals surface area contributed by atoms with Crippen molar-refractivity contribution in [2.24, 2.45) is 0 Å². The number of halogens is 1. The van der Waals surface area contributed by atoms with Crippen LogP contribution in [0.1, 0.15) is 32.8 Å². The number of hydrogen-bond acceptors (Lipinski definition) is 4. The first-order chi connectivity index (χ1) is 15.5. The van der Waals surface area contributed by atoms with E-state index in [1.54, 1.807) is 18.2 Å². The van der Waals surface area contributed by atoms with E-state index in [0.717, 1.165) is 16.1 Å². The van der Waals surface area contributed by atoms with Crippen molar-refractivity contribution in [2.75, 3.05) is 23.7 Å². The van der Waals surface area contributed by atoms with Gasteiger partial charge in [0.1, 0.15) is 12.6 Å². The Morgan fingerprint density at radius 2 is 1.73 bits per heavy atom. The van der Waals surface area contributed by atoms with Gasteiger partial charge in [0.25, 0.3) is 0 Å². The lowest BCUT2D eigenvalue weighted by Gasteiger charge is -2.33. The highest BCUT2D eigenvalue weighted by atomic mass is 35.5. The molecule has 0 aliphatic rings. The van der Waals surface area contributed by atoms with Crippen LogP contribution >= 0.6 is 11.6 Å². The molecule has 0 aliphatic carbocycles. The third kappa shape index (κ3) is 8.05. The number of anilines is 1. The van der Waals surface area contributed by atoms with Crippen molar-refractivity contribution in [1.82, 2.24) is 10.2 Å². The molecule has 0 aromatic heterocycles. The molecule has 0 saturated heterocycles. The highest BCUT2D eigenvalue weighted by molar-refractivity contribution is 7.92. The standard InChI is InChI=1S/C24H32ClN3O4S/c1-5-22(24(30)26-18(2)3)27(15-14-19-10-7-6-8-11-19)23(29)17-28(33(4,31)32)21-13-9-12-20(25)16-21/h6-13,16,18,22H,5,14-15,17H2,1-4H3,(H,26,30)/t22-/m1/s1. The van der Waals surface area contributed by atoms with Gasteiger partial charge >= 0.3 is 0 Å². The Morgan fingerprint density at radius 3 is 2.27 bits per heavy atom. The number of nitrogens with one attached hydrogen (secondary N) is 1. The zero-order valence-electron chi connectivity index (χ0n) is 19.5. The van der Waals surface area contributed by atoms with Gasteiger partial charge in [-0.15, -0.1) is 0 Å². The van der Waals surface area contributed by atoms with E-state index in [-0.39, 0.29) is 18.5 Å². The molecular formula is C24H32ClN3O4S. The largest absolute Gasteiger partial charge is 0.352 e. The fraction of sp³-hybridized carbons (Fsp3) is 0.417. The summed E-state index contributed by atoms with van der Waals surface area (Å²) in [6, 6.07) is 15.2. The lowest BCUT2D eigenvalue weighted by atomic mass is 10.1. The summed E-state index contributed by atoms with van der Waals surface area (Å²) in [5.74, 6) is -0.718. The van der Waals surface area contributed by atoms with E-state index in [0.29, 0.717) is 23.6 Å². The van der Waals surface area contributed by atoms with E-state index in [9.17, 15) is 18.0 Å². The van der Waals surface area contributed by atoms with Crippen LogP contribution in [0.5, 0.6) is 0 Å². The zero-order chi connectivity index (χ0) is 24.6. The maximum absolute atomic E-state index is 13.5. The lowest BCUT2D eigenvalue weighted by Crippen LogP contribution is -2.54. The van der Waals surface area contributed by atoms with Crippen molar-refractivity contribution >= 4 is 39.1 Å². The van der Waals surface area contributed by atoms with Crippen molar-refractivity contribution in [3.63, 3.8) is 0 Å². The van der Waals surface area contributed by atoms with Crippen molar-refractivity contribution in [3.8, 4) is 0 Å². The van der Waals surface area contributed by atoms with Gasteiger partial charge < -0.3 is 10.2 Å². The molecule has 0 bridgehead atoms. The molecule has 7 nitrogen and oxygen atoms in total. The lowest BCUT2D eigenvalue weighted by molar-refractivity contribution is -0.139. The monoisotopic (exact) mass is 493 g/mol. The molecule has 1 atom stereocenters. The third-order valence-electron chi connectivity index (χ3n) is 5.08. The minimum Gasteiger partial charge on any atom is -0.352 e. The van der Waals surface area contributed by atoms with E-state index in [1.807, 2.05) is 51.1 Å². The normalized spacial score (nSPS) is 12.3. The molecule has 0 saturated carbocycles. The second-order valence-electron chi connectivity index (χ2n) is 8.16. The van der Waals surface area contributed by atoms with Gasteiger partial charge in [-0.3, -0.25) is 13.9 Å². The first-order valence-corrected chi connectivity index (χ1v) is 13.1. The Kier molecular flexibility index (Phi) is 9.73. The quantitative estimate of drug-likeness (QED) is 0.519. The Bertz CT molecular complexity index is 1040. The van der Waals surface area contributed by atoms with Crippen LogP contribution in [0.4, 0.5) is 5.69 Å². The fourth-order valence-electron chi connectivity index (χ4n) is 3.52. The van der Waals surface area contributed by atoms with E-state index < -0.39 is 28.5 Å². The molecule has 2 aromatic rings. The molecular weight excluding hydrogens is 462 g/mol. The van der Waals surface area contributed by atoms with Crippen molar-refractivity contribution in [2.45, 2.75) is 45.7 Å². The molecule has 0 unspecified atom stereocenters. The molecule has 33 heavy (non-hydrogen) atoms. The number of nitrogens with zero attached hydrogens (tertiary/aromatic N) is 2. The first kappa shape index (κ1) is 26.7. The molecule has 180 valence electrons. The van der Waals surface area contributed by atoms with Crippen LogP contribution in [0.2, 0.25) is 5.02 Å². The van der Waals surface area contributed by atoms with E-state index in [2.05, 4.69) is 5.32 Å². The predicted octanol–water partition coefficient (Wildman–Crippen LogP) is 3.48. The van der Waals surface area contributed by atoms with Gasteiger partial charge in [0.2, 0.25) is 21.8 Å². The van der Waals surface area contributed by atoms with Gasteiger partial charge in [0.15, 0.2) is 0 Å². The van der Waals surface area contributed by atoms with Crippen LogP contribution in [-0.2, 0) is 26.0 Å². The second-order valence-corrected chi connectivity index (χ2v) is 10.5. The second kappa shape index (κ2) is 12.0. The zero-order valence-corrected chi connectivity index (χ0v) is 21.1. The van der Waals surface area contributed by atoms with E-state index in [4.69, 9.17) is 11.6 Å². The Hall–Kier alpha value is -2.58. The Labute approximate surface area is 201 Å². The number of hydrogen-bond donors (Lipinski definition) is 1. The molecule has 0 spiro atoms. The number of benzene rings is 2. The van der Waals surface area contributed by atoms with E-state index in [1.165, 1.54) is 11.0 Å². The molecule has 1 N–H and O–H groups in total. The maximum atomic E-state index is 13.5. The summed E-state index contributed by atoms with van der Waals surface area (Å²) in [6.07, 6.45) is 1.97. The minimum atomic E-state index is -3.78. The van der Waals surface area contributed by atoms with E-state index >= 15 is 0 Å². The molecule has 2 rings (SSSR count). The van der Waals surface area contributed by atoms with Gasteiger partial charge in [-0.1, -0.05) is 54.9 Å². The third-order valence-corrected chi connectivity index (χ3v) is 6.45. The van der Waals surface area contributed by atoms with Crippen molar-refractivity contribution < 1.29 is 18.0 Å². The first-order valence-electron chi connectivity index (χ1n) is 10.9. The average molecular weight is 494 g/mol. The maximum Gasteiger partial charge on any atom is 0.244 e. The predicted molar refractivity (Wildman–Crippen MR) is 133 cm³/mol. The Balaban J connectivity index is 2.36.